The molecule has 134 valence electrons. The summed E-state index contributed by atoms with van der Waals surface area (Å²) in [5.41, 5.74) is 0.939. The number of carbonyl (C=O) groups excluding carboxylic acids is 2. The van der Waals surface area contributed by atoms with Crippen LogP contribution in [-0.2, 0) is 4.79 Å². The van der Waals surface area contributed by atoms with Crippen LogP contribution in [0.15, 0.2) is 36.1 Å². The van der Waals surface area contributed by atoms with E-state index in [1.165, 1.54) is 43.3 Å². The van der Waals surface area contributed by atoms with Crippen molar-refractivity contribution in [2.75, 3.05) is 0 Å². The van der Waals surface area contributed by atoms with Gasteiger partial charge in [0, 0.05) is 11.6 Å². The van der Waals surface area contributed by atoms with E-state index in [2.05, 4.69) is 0 Å². The largest absolute Gasteiger partial charge is 0.452 e. The minimum atomic E-state index is -0.815. The van der Waals surface area contributed by atoms with Gasteiger partial charge in [0.15, 0.2) is 5.76 Å². The van der Waals surface area contributed by atoms with E-state index in [0.29, 0.717) is 11.1 Å². The molecule has 0 radical (unpaired) electrons. The fourth-order valence-corrected chi connectivity index (χ4v) is 2.78. The number of ether oxygens (including phenoxy) is 2. The number of hydrogen-bond donors (Lipinski definition) is 0. The second kappa shape index (κ2) is 7.09. The van der Waals surface area contributed by atoms with Gasteiger partial charge in [0.25, 0.3) is 0 Å². The molecule has 0 aliphatic carbocycles. The summed E-state index contributed by atoms with van der Waals surface area (Å²) in [5, 5.41) is -0.655. The summed E-state index contributed by atoms with van der Waals surface area (Å²) in [6.45, 7) is 3.17. The Hall–Kier alpha value is -2.37. The minimum absolute atomic E-state index is 0.0607. The van der Waals surface area contributed by atoms with Crippen molar-refractivity contribution in [3.8, 4) is 11.5 Å². The number of ketones is 1. The van der Waals surface area contributed by atoms with E-state index in [1.807, 2.05) is 0 Å². The molecule has 1 heterocycles. The predicted octanol–water partition coefficient (Wildman–Crippen LogP) is 4.94. The van der Waals surface area contributed by atoms with E-state index in [4.69, 9.17) is 32.7 Å². The Morgan fingerprint density at radius 1 is 1.35 bits per heavy atom. The Morgan fingerprint density at radius 2 is 2.08 bits per heavy atom. The van der Waals surface area contributed by atoms with Crippen LogP contribution >= 0.6 is 23.2 Å². The van der Waals surface area contributed by atoms with Gasteiger partial charge < -0.3 is 9.47 Å². The predicted molar refractivity (Wildman–Crippen MR) is 96.5 cm³/mol. The number of allylic oxidation sites excluding steroid dienone is 1. The van der Waals surface area contributed by atoms with E-state index in [9.17, 15) is 14.0 Å². The van der Waals surface area contributed by atoms with Crippen molar-refractivity contribution in [1.82, 2.24) is 0 Å². The van der Waals surface area contributed by atoms with E-state index in [-0.39, 0.29) is 27.8 Å². The zero-order chi connectivity index (χ0) is 19.0. The number of aryl methyl sites for hydroxylation is 1. The number of carbonyl (C=O) groups is 2. The van der Waals surface area contributed by atoms with Crippen LogP contribution in [0.4, 0.5) is 4.39 Å². The molecular weight excluding hydrogens is 382 g/mol. The molecule has 1 aliphatic rings. The molecule has 1 aliphatic heterocycles. The summed E-state index contributed by atoms with van der Waals surface area (Å²) in [7, 11) is 0. The van der Waals surface area contributed by atoms with Crippen molar-refractivity contribution >= 4 is 41.0 Å². The van der Waals surface area contributed by atoms with Crippen molar-refractivity contribution in [1.29, 1.82) is 0 Å². The maximum absolute atomic E-state index is 14.0. The maximum Gasteiger partial charge on any atom is 0.329 e. The monoisotopic (exact) mass is 394 g/mol. The fourth-order valence-electron chi connectivity index (χ4n) is 2.51. The average Bonchev–Trinajstić information content (AvgIpc) is 2.87. The van der Waals surface area contributed by atoms with Gasteiger partial charge in [0.1, 0.15) is 22.7 Å². The molecule has 0 N–H and O–H groups in total. The molecule has 1 atom stereocenters. The number of rotatable bonds is 3. The Bertz CT molecular complexity index is 931. The topological polar surface area (TPSA) is 52.6 Å². The maximum atomic E-state index is 14.0. The number of benzene rings is 2. The highest BCUT2D eigenvalue weighted by molar-refractivity contribution is 6.32. The quantitative estimate of drug-likeness (QED) is 0.320. The van der Waals surface area contributed by atoms with E-state index >= 15 is 0 Å². The first-order valence-electron chi connectivity index (χ1n) is 7.66. The molecule has 2 aromatic rings. The van der Waals surface area contributed by atoms with Crippen LogP contribution in [-0.4, -0.2) is 17.1 Å². The lowest BCUT2D eigenvalue weighted by Gasteiger charge is -2.08. The molecule has 0 saturated carbocycles. The van der Waals surface area contributed by atoms with Gasteiger partial charge in [-0.05, 0) is 43.7 Å². The summed E-state index contributed by atoms with van der Waals surface area (Å²) in [5.74, 6) is -1.23. The highest BCUT2D eigenvalue weighted by Gasteiger charge is 2.31. The van der Waals surface area contributed by atoms with Crippen molar-refractivity contribution in [3.63, 3.8) is 0 Å². The minimum Gasteiger partial charge on any atom is -0.452 e. The highest BCUT2D eigenvalue weighted by atomic mass is 35.5. The van der Waals surface area contributed by atoms with Crippen LogP contribution < -0.4 is 9.47 Å². The number of esters is 1. The Balaban J connectivity index is 1.97. The molecule has 0 amide bonds. The summed E-state index contributed by atoms with van der Waals surface area (Å²) in [6.07, 6.45) is 1.26. The van der Waals surface area contributed by atoms with Gasteiger partial charge in [0.05, 0.1) is 10.6 Å². The van der Waals surface area contributed by atoms with Gasteiger partial charge in [-0.15, -0.1) is 11.6 Å². The van der Waals surface area contributed by atoms with Crippen LogP contribution in [0.2, 0.25) is 5.02 Å². The summed E-state index contributed by atoms with van der Waals surface area (Å²) in [4.78, 5) is 24.2. The van der Waals surface area contributed by atoms with Crippen molar-refractivity contribution in [2.24, 2.45) is 0 Å². The van der Waals surface area contributed by atoms with Crippen molar-refractivity contribution in [3.05, 3.63) is 63.6 Å². The molecular formula is C19H13Cl2FO4. The molecule has 0 aromatic heterocycles. The van der Waals surface area contributed by atoms with Crippen LogP contribution in [0.25, 0.3) is 6.08 Å². The third-order valence-electron chi connectivity index (χ3n) is 3.76. The van der Waals surface area contributed by atoms with E-state index in [1.54, 1.807) is 6.92 Å². The van der Waals surface area contributed by atoms with Gasteiger partial charge in [0.2, 0.25) is 5.78 Å². The first-order chi connectivity index (χ1) is 12.3. The SMILES string of the molecule is Cc1cc(OC(=O)C(C)Cl)cc2c1C(=O)/C(=C/c1c(F)cccc1Cl)O2. The lowest BCUT2D eigenvalue weighted by atomic mass is 10.0. The molecule has 4 nitrogen and oxygen atoms in total. The van der Waals surface area contributed by atoms with Gasteiger partial charge in [-0.2, -0.15) is 0 Å². The van der Waals surface area contributed by atoms with Crippen molar-refractivity contribution < 1.29 is 23.5 Å². The van der Waals surface area contributed by atoms with Crippen LogP contribution in [0, 0.1) is 12.7 Å². The highest BCUT2D eigenvalue weighted by Crippen LogP contribution is 2.38. The first kappa shape index (κ1) is 18.4. The molecule has 0 spiro atoms. The standard InChI is InChI=1S/C19H13Cl2FO4/c1-9-6-11(25-19(24)10(2)20)7-15-17(9)18(23)16(26-15)8-12-13(21)4-3-5-14(12)22/h3-8,10H,1-2H3/b16-8-. The third-order valence-corrected chi connectivity index (χ3v) is 4.27. The molecule has 26 heavy (non-hydrogen) atoms. The zero-order valence-corrected chi connectivity index (χ0v) is 15.3. The van der Waals surface area contributed by atoms with Crippen LogP contribution in [0.1, 0.15) is 28.4 Å². The summed E-state index contributed by atoms with van der Waals surface area (Å²) >= 11 is 11.7. The number of hydrogen-bond acceptors (Lipinski definition) is 4. The number of alkyl halides is 1. The van der Waals surface area contributed by atoms with Gasteiger partial charge in [-0.3, -0.25) is 9.59 Å². The van der Waals surface area contributed by atoms with Gasteiger partial charge in [-0.25, -0.2) is 4.39 Å². The number of fused-ring (bicyclic) bond motifs is 1. The zero-order valence-electron chi connectivity index (χ0n) is 13.8. The lowest BCUT2D eigenvalue weighted by Crippen LogP contribution is -2.17. The number of Topliss-reactive ketones (excluding diaryl/α,β-unsaturated/α-hetero) is 1. The normalized spacial score (nSPS) is 15.6. The fraction of sp³-hybridized carbons (Fsp3) is 0.158. The Morgan fingerprint density at radius 3 is 2.73 bits per heavy atom. The molecule has 2 aromatic carbocycles. The van der Waals surface area contributed by atoms with Gasteiger partial charge in [-0.1, -0.05) is 17.7 Å². The third kappa shape index (κ3) is 3.45. The van der Waals surface area contributed by atoms with E-state index in [0.717, 1.165) is 0 Å². The van der Waals surface area contributed by atoms with Crippen LogP contribution in [0.3, 0.4) is 0 Å². The molecule has 0 saturated heterocycles. The van der Waals surface area contributed by atoms with Crippen LogP contribution in [0.5, 0.6) is 11.5 Å². The molecule has 7 heteroatoms. The summed E-state index contributed by atoms with van der Waals surface area (Å²) < 4.78 is 24.7. The number of halogens is 3. The smallest absolute Gasteiger partial charge is 0.329 e. The van der Waals surface area contributed by atoms with Crippen molar-refractivity contribution in [2.45, 2.75) is 19.2 Å². The summed E-state index contributed by atoms with van der Waals surface area (Å²) in [6, 6.07) is 7.17. The molecule has 0 bridgehead atoms. The average molecular weight is 395 g/mol. The second-order valence-corrected chi connectivity index (χ2v) is 6.79. The molecule has 3 rings (SSSR count). The van der Waals surface area contributed by atoms with Gasteiger partial charge >= 0.3 is 5.97 Å². The Kier molecular flexibility index (Phi) is 5.03. The lowest BCUT2D eigenvalue weighted by molar-refractivity contribution is -0.133. The molecule has 1 unspecified atom stereocenters. The molecule has 0 fully saturated rings. The van der Waals surface area contributed by atoms with E-state index < -0.39 is 22.9 Å². The Labute approximate surface area is 159 Å². The first-order valence-corrected chi connectivity index (χ1v) is 8.48. The second-order valence-electron chi connectivity index (χ2n) is 5.73.